The van der Waals surface area contributed by atoms with Crippen molar-refractivity contribution < 1.29 is 22.7 Å². The van der Waals surface area contributed by atoms with Crippen molar-refractivity contribution in [3.05, 3.63) is 47.7 Å². The minimum absolute atomic E-state index is 0.0552. The van der Waals surface area contributed by atoms with E-state index in [0.29, 0.717) is 29.9 Å². The van der Waals surface area contributed by atoms with E-state index < -0.39 is 11.7 Å². The summed E-state index contributed by atoms with van der Waals surface area (Å²) in [5, 5.41) is 8.71. The highest BCUT2D eigenvalue weighted by Crippen LogP contribution is 2.32. The van der Waals surface area contributed by atoms with Crippen LogP contribution in [0.25, 0.3) is 11.3 Å². The van der Waals surface area contributed by atoms with Crippen LogP contribution in [0.2, 0.25) is 0 Å². The van der Waals surface area contributed by atoms with E-state index in [1.807, 2.05) is 0 Å². The van der Waals surface area contributed by atoms with Crippen molar-refractivity contribution >= 4 is 0 Å². The van der Waals surface area contributed by atoms with Crippen molar-refractivity contribution in [2.75, 3.05) is 6.61 Å². The minimum Gasteiger partial charge on any atom is -0.461 e. The third-order valence-corrected chi connectivity index (χ3v) is 2.72. The predicted molar refractivity (Wildman–Crippen MR) is 64.6 cm³/mol. The molecule has 2 nitrogen and oxygen atoms in total. The van der Waals surface area contributed by atoms with Crippen LogP contribution in [0, 0.1) is 0 Å². The Bertz CT molecular complexity index is 544. The Morgan fingerprint density at radius 3 is 2.58 bits per heavy atom. The molecule has 2 aromatic rings. The summed E-state index contributed by atoms with van der Waals surface area (Å²) in [6.07, 6.45) is -3.23. The average Bonchev–Trinajstić information content (AvgIpc) is 2.84. The maximum atomic E-state index is 12.6. The average molecular weight is 270 g/mol. The number of aryl methyl sites for hydroxylation is 1. The SMILES string of the molecule is OCCCc1ccc(-c2cccc(C(F)(F)F)c2)o1. The number of halogens is 3. The second-order valence-electron chi connectivity index (χ2n) is 4.17. The van der Waals surface area contributed by atoms with Gasteiger partial charge in [-0.05, 0) is 30.7 Å². The van der Waals surface area contributed by atoms with Crippen molar-refractivity contribution in [2.45, 2.75) is 19.0 Å². The molecular formula is C14H13F3O2. The van der Waals surface area contributed by atoms with Crippen LogP contribution in [0.1, 0.15) is 17.7 Å². The highest BCUT2D eigenvalue weighted by molar-refractivity contribution is 5.58. The zero-order chi connectivity index (χ0) is 13.9. The molecule has 2 rings (SSSR count). The third-order valence-electron chi connectivity index (χ3n) is 2.72. The summed E-state index contributed by atoms with van der Waals surface area (Å²) in [6.45, 7) is 0.0552. The molecule has 1 aromatic heterocycles. The Kier molecular flexibility index (Phi) is 3.95. The first-order valence-electron chi connectivity index (χ1n) is 5.88. The topological polar surface area (TPSA) is 33.4 Å². The molecule has 0 spiro atoms. The summed E-state index contributed by atoms with van der Waals surface area (Å²) in [5.41, 5.74) is -0.302. The highest BCUT2D eigenvalue weighted by Gasteiger charge is 2.30. The van der Waals surface area contributed by atoms with Gasteiger partial charge in [-0.2, -0.15) is 13.2 Å². The molecule has 0 unspecified atom stereocenters. The van der Waals surface area contributed by atoms with Crippen LogP contribution in [0.5, 0.6) is 0 Å². The first-order chi connectivity index (χ1) is 9.00. The Labute approximate surface area is 108 Å². The second kappa shape index (κ2) is 5.48. The monoisotopic (exact) mass is 270 g/mol. The van der Waals surface area contributed by atoms with E-state index >= 15 is 0 Å². The molecule has 1 N–H and O–H groups in total. The number of benzene rings is 1. The van der Waals surface area contributed by atoms with E-state index in [2.05, 4.69) is 0 Å². The van der Waals surface area contributed by atoms with E-state index in [-0.39, 0.29) is 6.61 Å². The molecule has 1 heterocycles. The summed E-state index contributed by atoms with van der Waals surface area (Å²) in [6, 6.07) is 8.37. The summed E-state index contributed by atoms with van der Waals surface area (Å²) in [4.78, 5) is 0. The number of aliphatic hydroxyl groups excluding tert-OH is 1. The molecular weight excluding hydrogens is 257 g/mol. The summed E-state index contributed by atoms with van der Waals surface area (Å²) in [5.74, 6) is 1.06. The lowest BCUT2D eigenvalue weighted by Gasteiger charge is -2.07. The highest BCUT2D eigenvalue weighted by atomic mass is 19.4. The fourth-order valence-corrected chi connectivity index (χ4v) is 1.77. The van der Waals surface area contributed by atoms with Gasteiger partial charge < -0.3 is 9.52 Å². The van der Waals surface area contributed by atoms with Gasteiger partial charge in [0.25, 0.3) is 0 Å². The molecule has 0 bridgehead atoms. The molecule has 0 saturated heterocycles. The van der Waals surface area contributed by atoms with Gasteiger partial charge >= 0.3 is 6.18 Å². The molecule has 0 amide bonds. The fourth-order valence-electron chi connectivity index (χ4n) is 1.77. The number of rotatable bonds is 4. The lowest BCUT2D eigenvalue weighted by molar-refractivity contribution is -0.137. The largest absolute Gasteiger partial charge is 0.461 e. The Morgan fingerprint density at radius 1 is 1.11 bits per heavy atom. The smallest absolute Gasteiger partial charge is 0.416 e. The van der Waals surface area contributed by atoms with Gasteiger partial charge in [-0.15, -0.1) is 0 Å². The van der Waals surface area contributed by atoms with E-state index in [0.717, 1.165) is 12.1 Å². The quantitative estimate of drug-likeness (QED) is 0.914. The third kappa shape index (κ3) is 3.38. The molecule has 19 heavy (non-hydrogen) atoms. The molecule has 0 atom stereocenters. The fraction of sp³-hybridized carbons (Fsp3) is 0.286. The van der Waals surface area contributed by atoms with E-state index in [1.165, 1.54) is 6.07 Å². The first kappa shape index (κ1) is 13.7. The van der Waals surface area contributed by atoms with E-state index in [4.69, 9.17) is 9.52 Å². The lowest BCUT2D eigenvalue weighted by Crippen LogP contribution is -2.04. The van der Waals surface area contributed by atoms with Gasteiger partial charge in [-0.3, -0.25) is 0 Å². The summed E-state index contributed by atoms with van der Waals surface area (Å²) < 4.78 is 43.3. The van der Waals surface area contributed by atoms with Gasteiger partial charge in [0.05, 0.1) is 5.56 Å². The number of hydrogen-bond donors (Lipinski definition) is 1. The number of aliphatic hydroxyl groups is 1. The molecule has 0 saturated carbocycles. The van der Waals surface area contributed by atoms with Crippen LogP contribution in [-0.2, 0) is 12.6 Å². The van der Waals surface area contributed by atoms with Crippen LogP contribution in [0.3, 0.4) is 0 Å². The van der Waals surface area contributed by atoms with Crippen molar-refractivity contribution in [3.8, 4) is 11.3 Å². The van der Waals surface area contributed by atoms with Crippen molar-refractivity contribution in [3.63, 3.8) is 0 Å². The van der Waals surface area contributed by atoms with Crippen LogP contribution in [-0.4, -0.2) is 11.7 Å². The van der Waals surface area contributed by atoms with Gasteiger partial charge in [-0.1, -0.05) is 12.1 Å². The van der Waals surface area contributed by atoms with Crippen LogP contribution >= 0.6 is 0 Å². The van der Waals surface area contributed by atoms with E-state index in [1.54, 1.807) is 18.2 Å². The molecule has 0 aliphatic heterocycles. The normalized spacial score (nSPS) is 11.8. The van der Waals surface area contributed by atoms with Gasteiger partial charge in [0.2, 0.25) is 0 Å². The zero-order valence-electron chi connectivity index (χ0n) is 10.1. The Balaban J connectivity index is 2.24. The summed E-state index contributed by atoms with van der Waals surface area (Å²) >= 11 is 0. The predicted octanol–water partition coefficient (Wildman–Crippen LogP) is 3.89. The molecule has 0 radical (unpaired) electrons. The molecule has 1 aromatic carbocycles. The molecule has 5 heteroatoms. The zero-order valence-corrected chi connectivity index (χ0v) is 10.1. The standard InChI is InChI=1S/C14H13F3O2/c15-14(16,17)11-4-1-3-10(9-11)13-7-6-12(19-13)5-2-8-18/h1,3-4,6-7,9,18H,2,5,8H2. The van der Waals surface area contributed by atoms with Crippen molar-refractivity contribution in [1.29, 1.82) is 0 Å². The number of furan rings is 1. The molecule has 0 aliphatic carbocycles. The maximum Gasteiger partial charge on any atom is 0.416 e. The number of hydrogen-bond acceptors (Lipinski definition) is 2. The van der Waals surface area contributed by atoms with Crippen LogP contribution < -0.4 is 0 Å². The lowest BCUT2D eigenvalue weighted by atomic mass is 10.1. The van der Waals surface area contributed by atoms with Crippen LogP contribution in [0.15, 0.2) is 40.8 Å². The van der Waals surface area contributed by atoms with Gasteiger partial charge in [0.1, 0.15) is 11.5 Å². The second-order valence-corrected chi connectivity index (χ2v) is 4.17. The minimum atomic E-state index is -4.36. The molecule has 102 valence electrons. The first-order valence-corrected chi connectivity index (χ1v) is 5.88. The van der Waals surface area contributed by atoms with Gasteiger partial charge in [0, 0.05) is 18.6 Å². The van der Waals surface area contributed by atoms with Crippen molar-refractivity contribution in [1.82, 2.24) is 0 Å². The summed E-state index contributed by atoms with van der Waals surface area (Å²) in [7, 11) is 0. The van der Waals surface area contributed by atoms with Gasteiger partial charge in [0.15, 0.2) is 0 Å². The number of alkyl halides is 3. The van der Waals surface area contributed by atoms with E-state index in [9.17, 15) is 13.2 Å². The van der Waals surface area contributed by atoms with Crippen LogP contribution in [0.4, 0.5) is 13.2 Å². The Hall–Kier alpha value is -1.75. The maximum absolute atomic E-state index is 12.6. The van der Waals surface area contributed by atoms with Crippen molar-refractivity contribution in [2.24, 2.45) is 0 Å². The van der Waals surface area contributed by atoms with Gasteiger partial charge in [-0.25, -0.2) is 0 Å². The molecule has 0 fully saturated rings. The molecule has 0 aliphatic rings. The Morgan fingerprint density at radius 2 is 1.89 bits per heavy atom.